The molecule has 0 radical (unpaired) electrons. The van der Waals surface area contributed by atoms with Gasteiger partial charge in [0.1, 0.15) is 23.6 Å². The maximum absolute atomic E-state index is 14.8. The van der Waals surface area contributed by atoms with Gasteiger partial charge in [-0.25, -0.2) is 17.6 Å². The van der Waals surface area contributed by atoms with Gasteiger partial charge in [-0.05, 0) is 36.4 Å². The third-order valence-electron chi connectivity index (χ3n) is 5.18. The van der Waals surface area contributed by atoms with E-state index >= 15 is 0 Å². The predicted octanol–water partition coefficient (Wildman–Crippen LogP) is 3.49. The molecule has 0 saturated heterocycles. The summed E-state index contributed by atoms with van der Waals surface area (Å²) in [4.78, 5) is 13.0. The summed E-state index contributed by atoms with van der Waals surface area (Å²) >= 11 is 0. The first-order chi connectivity index (χ1) is 16.4. The van der Waals surface area contributed by atoms with Crippen LogP contribution in [0, 0.1) is 17.5 Å². The van der Waals surface area contributed by atoms with E-state index in [1.807, 2.05) is 0 Å². The summed E-state index contributed by atoms with van der Waals surface area (Å²) in [7, 11) is 0. The number of nitrogens with zero attached hydrogens (tertiary/aromatic N) is 3. The number of alkyl halides is 1. The molecule has 0 spiro atoms. The lowest BCUT2D eigenvalue weighted by molar-refractivity contribution is 0.0850. The Hall–Kier alpha value is -3.99. The number of H-pyrrole nitrogens is 1. The average molecular weight is 473 g/mol. The summed E-state index contributed by atoms with van der Waals surface area (Å²) in [5, 5.41) is 22.2. The second kappa shape index (κ2) is 9.87. The zero-order valence-corrected chi connectivity index (χ0v) is 17.6. The Balaban J connectivity index is 1.65. The van der Waals surface area contributed by atoms with Gasteiger partial charge in [0.15, 0.2) is 0 Å². The molecule has 176 valence electrons. The number of aliphatic hydroxyl groups excluding tert-OH is 1. The zero-order chi connectivity index (χ0) is 24.2. The molecular formula is C23H19F4N5O2. The lowest BCUT2D eigenvalue weighted by atomic mass is 10.0. The average Bonchev–Trinajstić information content (AvgIpc) is 3.50. The van der Waals surface area contributed by atoms with Crippen LogP contribution >= 0.6 is 0 Å². The normalized spacial score (nSPS) is 13.0. The van der Waals surface area contributed by atoms with E-state index in [1.54, 1.807) is 12.3 Å². The third kappa shape index (κ3) is 4.84. The van der Waals surface area contributed by atoms with E-state index < -0.39 is 42.2 Å². The van der Waals surface area contributed by atoms with Crippen LogP contribution in [0.2, 0.25) is 0 Å². The van der Waals surface area contributed by atoms with Gasteiger partial charge in [0.2, 0.25) is 0 Å². The van der Waals surface area contributed by atoms with Gasteiger partial charge in [-0.1, -0.05) is 6.07 Å². The Labute approximate surface area is 191 Å². The highest BCUT2D eigenvalue weighted by molar-refractivity contribution is 6.01. The molecule has 4 rings (SSSR count). The van der Waals surface area contributed by atoms with Crippen LogP contribution in [-0.4, -0.2) is 49.8 Å². The molecule has 2 aromatic heterocycles. The standard InChI is InChI=1S/C23H19F4N5O2/c24-13-5-6-14(17(26)9-13)19-10-20(31-30-19)22-15(3-1-4-16(22)25)23(34)29-21(18(27)12-33)11-32-8-2-7-28-32/h1-10,18,21,33H,11-12H2,(H,29,34)(H,30,31)/t18-,21-/m1/s1. The highest BCUT2D eigenvalue weighted by Crippen LogP contribution is 2.30. The van der Waals surface area contributed by atoms with E-state index in [1.165, 1.54) is 35.1 Å². The van der Waals surface area contributed by atoms with Gasteiger partial charge >= 0.3 is 0 Å². The number of nitrogens with one attached hydrogen (secondary N) is 2. The molecule has 2 heterocycles. The first kappa shape index (κ1) is 23.2. The number of carbonyl (C=O) groups is 1. The van der Waals surface area contributed by atoms with Crippen molar-refractivity contribution in [2.24, 2.45) is 0 Å². The highest BCUT2D eigenvalue weighted by Gasteiger charge is 2.26. The number of benzene rings is 2. The van der Waals surface area contributed by atoms with Crippen molar-refractivity contribution < 1.29 is 27.5 Å². The summed E-state index contributed by atoms with van der Waals surface area (Å²) in [6, 6.07) is 8.50. The van der Waals surface area contributed by atoms with Crippen molar-refractivity contribution in [3.05, 3.63) is 83.9 Å². The fraction of sp³-hybridized carbons (Fsp3) is 0.174. The molecule has 0 saturated carbocycles. The molecular weight excluding hydrogens is 454 g/mol. The highest BCUT2D eigenvalue weighted by atomic mass is 19.1. The van der Waals surface area contributed by atoms with Crippen molar-refractivity contribution >= 4 is 5.91 Å². The number of aromatic amines is 1. The summed E-state index contributed by atoms with van der Waals surface area (Å²) in [6.07, 6.45) is 1.25. The zero-order valence-electron chi connectivity index (χ0n) is 17.6. The summed E-state index contributed by atoms with van der Waals surface area (Å²) in [6.45, 7) is -0.904. The van der Waals surface area contributed by atoms with E-state index in [4.69, 9.17) is 0 Å². The lowest BCUT2D eigenvalue weighted by Gasteiger charge is -2.22. The van der Waals surface area contributed by atoms with Gasteiger partial charge in [-0.15, -0.1) is 0 Å². The minimum absolute atomic E-state index is 0.0197. The topological polar surface area (TPSA) is 95.8 Å². The first-order valence-electron chi connectivity index (χ1n) is 10.2. The van der Waals surface area contributed by atoms with E-state index in [0.717, 1.165) is 12.1 Å². The van der Waals surface area contributed by atoms with Crippen molar-refractivity contribution in [1.82, 2.24) is 25.3 Å². The number of carbonyl (C=O) groups excluding carboxylic acids is 1. The Morgan fingerprint density at radius 3 is 2.65 bits per heavy atom. The van der Waals surface area contributed by atoms with Crippen LogP contribution in [-0.2, 0) is 6.54 Å². The number of hydrogen-bond acceptors (Lipinski definition) is 4. The molecule has 0 bridgehead atoms. The summed E-state index contributed by atoms with van der Waals surface area (Å²) in [5.74, 6) is -3.19. The molecule has 7 nitrogen and oxygen atoms in total. The quantitative estimate of drug-likeness (QED) is 0.342. The molecule has 2 aromatic carbocycles. The van der Waals surface area contributed by atoms with Gasteiger partial charge in [-0.2, -0.15) is 10.2 Å². The van der Waals surface area contributed by atoms with Gasteiger partial charge < -0.3 is 10.4 Å². The van der Waals surface area contributed by atoms with Crippen LogP contribution in [0.25, 0.3) is 22.5 Å². The Morgan fingerprint density at radius 2 is 1.94 bits per heavy atom. The molecule has 3 N–H and O–H groups in total. The molecule has 0 unspecified atom stereocenters. The second-order valence-corrected chi connectivity index (χ2v) is 7.46. The summed E-state index contributed by atoms with van der Waals surface area (Å²) < 4.78 is 58.0. The minimum atomic E-state index is -1.80. The van der Waals surface area contributed by atoms with E-state index in [9.17, 15) is 27.5 Å². The number of rotatable bonds is 8. The molecule has 11 heteroatoms. The van der Waals surface area contributed by atoms with Crippen LogP contribution in [0.3, 0.4) is 0 Å². The van der Waals surface area contributed by atoms with Crippen molar-refractivity contribution in [2.75, 3.05) is 6.61 Å². The van der Waals surface area contributed by atoms with Crippen LogP contribution in [0.1, 0.15) is 10.4 Å². The van der Waals surface area contributed by atoms with Crippen molar-refractivity contribution in [3.63, 3.8) is 0 Å². The van der Waals surface area contributed by atoms with Crippen LogP contribution in [0.4, 0.5) is 17.6 Å². The SMILES string of the molecule is O=C(N[C@H](Cn1cccn1)[C@H](F)CO)c1cccc(F)c1-c1cc(-c2ccc(F)cc2F)n[nH]1. The Bertz CT molecular complexity index is 1290. The Kier molecular flexibility index (Phi) is 6.73. The second-order valence-electron chi connectivity index (χ2n) is 7.46. The van der Waals surface area contributed by atoms with Crippen molar-refractivity contribution in [1.29, 1.82) is 0 Å². The van der Waals surface area contributed by atoms with Gasteiger partial charge in [0, 0.05) is 29.6 Å². The molecule has 0 aliphatic heterocycles. The molecule has 4 aromatic rings. The smallest absolute Gasteiger partial charge is 0.252 e. The number of hydrogen-bond donors (Lipinski definition) is 3. The monoisotopic (exact) mass is 473 g/mol. The fourth-order valence-electron chi connectivity index (χ4n) is 3.51. The maximum atomic E-state index is 14.8. The van der Waals surface area contributed by atoms with Gasteiger partial charge in [-0.3, -0.25) is 14.6 Å². The third-order valence-corrected chi connectivity index (χ3v) is 5.18. The Morgan fingerprint density at radius 1 is 1.12 bits per heavy atom. The largest absolute Gasteiger partial charge is 0.393 e. The van der Waals surface area contributed by atoms with E-state index in [-0.39, 0.29) is 34.6 Å². The molecule has 0 fully saturated rings. The number of aliphatic hydroxyl groups is 1. The lowest BCUT2D eigenvalue weighted by Crippen LogP contribution is -2.46. The van der Waals surface area contributed by atoms with Gasteiger partial charge in [0.05, 0.1) is 36.1 Å². The summed E-state index contributed by atoms with van der Waals surface area (Å²) in [5.41, 5.74) is -0.190. The van der Waals surface area contributed by atoms with E-state index in [0.29, 0.717) is 6.07 Å². The van der Waals surface area contributed by atoms with Gasteiger partial charge in [0.25, 0.3) is 5.91 Å². The molecule has 0 aliphatic carbocycles. The minimum Gasteiger partial charge on any atom is -0.393 e. The molecule has 2 atom stereocenters. The number of amides is 1. The fourth-order valence-corrected chi connectivity index (χ4v) is 3.51. The predicted molar refractivity (Wildman–Crippen MR) is 115 cm³/mol. The van der Waals surface area contributed by atoms with Crippen LogP contribution in [0.5, 0.6) is 0 Å². The van der Waals surface area contributed by atoms with Crippen molar-refractivity contribution in [3.8, 4) is 22.5 Å². The molecule has 1 amide bonds. The first-order valence-corrected chi connectivity index (χ1v) is 10.2. The van der Waals surface area contributed by atoms with Crippen LogP contribution < -0.4 is 5.32 Å². The van der Waals surface area contributed by atoms with E-state index in [2.05, 4.69) is 20.6 Å². The molecule has 0 aliphatic rings. The number of halogens is 4. The maximum Gasteiger partial charge on any atom is 0.252 e. The number of aromatic nitrogens is 4. The van der Waals surface area contributed by atoms with Crippen LogP contribution in [0.15, 0.2) is 60.9 Å². The molecule has 34 heavy (non-hydrogen) atoms. The van der Waals surface area contributed by atoms with Crippen molar-refractivity contribution in [2.45, 2.75) is 18.8 Å².